The van der Waals surface area contributed by atoms with Crippen LogP contribution in [0.15, 0.2) is 65.9 Å². The van der Waals surface area contributed by atoms with Crippen molar-refractivity contribution in [1.29, 1.82) is 0 Å². The molecule has 1 aromatic carbocycles. The fourth-order valence-corrected chi connectivity index (χ4v) is 3.73. The molecule has 39 heavy (non-hydrogen) atoms. The Morgan fingerprint density at radius 3 is 2.31 bits per heavy atom. The third-order valence-electron chi connectivity index (χ3n) is 5.89. The fourth-order valence-electron chi connectivity index (χ4n) is 3.73. The zero-order valence-corrected chi connectivity index (χ0v) is 25.8. The average molecular weight is 539 g/mol. The lowest BCUT2D eigenvalue weighted by Crippen LogP contribution is -2.46. The number of allylic oxidation sites excluding steroid dienone is 6. The number of hydrogen-bond acceptors (Lipinski definition) is 4. The molecule has 1 fully saturated rings. The summed E-state index contributed by atoms with van der Waals surface area (Å²) >= 11 is 0. The standard InChI is InChI=1S/C16H24N4.C10H18N2O.C6H12/c1-5-7-12(4)19-16(18)20-15-9-11(3)13(8-6-2)10-14(15)17;1-3-4-5-10(13)12-8-6-11(2)7-9-12;1-4-5-6(2)3/h6-7,9-10H,2,5,8,17H2,1,3-4H3,(H3,18,19,20);3-4H,5-9H2,1-2H3;4-6H,1-3H3/b12-7+;4-3-;5-4-. The van der Waals surface area contributed by atoms with Crippen LogP contribution in [0, 0.1) is 12.8 Å². The minimum Gasteiger partial charge on any atom is -0.397 e. The second-order valence-corrected chi connectivity index (χ2v) is 9.97. The zero-order chi connectivity index (χ0) is 29.8. The summed E-state index contributed by atoms with van der Waals surface area (Å²) in [6.07, 6.45) is 14.3. The number of guanidine groups is 1. The number of nitrogens with two attached hydrogens (primary N) is 2. The summed E-state index contributed by atoms with van der Waals surface area (Å²) < 4.78 is 0. The van der Waals surface area contributed by atoms with E-state index in [4.69, 9.17) is 11.5 Å². The Morgan fingerprint density at radius 1 is 1.18 bits per heavy atom. The fraction of sp³-hybridized carbons (Fsp3) is 0.500. The second kappa shape index (κ2) is 20.6. The first kappa shape index (κ1) is 35.7. The van der Waals surface area contributed by atoms with E-state index in [1.165, 1.54) is 0 Å². The zero-order valence-electron chi connectivity index (χ0n) is 25.8. The maximum atomic E-state index is 11.5. The molecule has 7 heteroatoms. The highest BCUT2D eigenvalue weighted by Crippen LogP contribution is 2.26. The molecule has 1 amide bonds. The Bertz CT molecular complexity index is 983. The van der Waals surface area contributed by atoms with Gasteiger partial charge in [-0.1, -0.05) is 57.2 Å². The molecule has 0 radical (unpaired) electrons. The van der Waals surface area contributed by atoms with Gasteiger partial charge < -0.3 is 26.6 Å². The highest BCUT2D eigenvalue weighted by molar-refractivity contribution is 5.84. The lowest BCUT2D eigenvalue weighted by molar-refractivity contribution is -0.131. The Hall–Kier alpha value is -3.32. The molecule has 1 aromatic rings. The van der Waals surface area contributed by atoms with Gasteiger partial charge in [0.15, 0.2) is 5.96 Å². The van der Waals surface area contributed by atoms with E-state index in [9.17, 15) is 4.79 Å². The largest absolute Gasteiger partial charge is 0.397 e. The summed E-state index contributed by atoms with van der Waals surface area (Å²) in [7, 11) is 2.09. The van der Waals surface area contributed by atoms with Gasteiger partial charge in [0.1, 0.15) is 0 Å². The first-order valence-electron chi connectivity index (χ1n) is 14.0. The summed E-state index contributed by atoms with van der Waals surface area (Å²) in [5.74, 6) is 1.32. The van der Waals surface area contributed by atoms with Gasteiger partial charge in [-0.2, -0.15) is 0 Å². The van der Waals surface area contributed by atoms with E-state index in [-0.39, 0.29) is 5.91 Å². The van der Waals surface area contributed by atoms with E-state index in [0.717, 1.165) is 61.8 Å². The number of carbonyl (C=O) groups is 1. The number of amides is 1. The lowest BCUT2D eigenvalue weighted by atomic mass is 10.0. The number of aliphatic imine (C=N–C) groups is 1. The van der Waals surface area contributed by atoms with Crippen molar-refractivity contribution >= 4 is 23.2 Å². The van der Waals surface area contributed by atoms with Gasteiger partial charge in [0.05, 0.1) is 11.4 Å². The van der Waals surface area contributed by atoms with Gasteiger partial charge in [-0.25, -0.2) is 4.99 Å². The number of nitrogen functional groups attached to an aromatic ring is 1. The van der Waals surface area contributed by atoms with E-state index in [1.807, 2.05) is 69.0 Å². The molecule has 0 aliphatic carbocycles. The topological polar surface area (TPSA) is 100.0 Å². The highest BCUT2D eigenvalue weighted by atomic mass is 16.2. The summed E-state index contributed by atoms with van der Waals surface area (Å²) in [6.45, 7) is 21.9. The van der Waals surface area contributed by atoms with Crippen molar-refractivity contribution in [2.24, 2.45) is 16.6 Å². The van der Waals surface area contributed by atoms with Crippen LogP contribution in [-0.4, -0.2) is 54.9 Å². The van der Waals surface area contributed by atoms with Gasteiger partial charge in [0.25, 0.3) is 0 Å². The molecule has 0 atom stereocenters. The van der Waals surface area contributed by atoms with E-state index in [0.29, 0.717) is 23.8 Å². The summed E-state index contributed by atoms with van der Waals surface area (Å²) in [5.41, 5.74) is 16.5. The van der Waals surface area contributed by atoms with Crippen LogP contribution in [0.2, 0.25) is 0 Å². The van der Waals surface area contributed by atoms with Crippen molar-refractivity contribution in [3.8, 4) is 0 Å². The van der Waals surface area contributed by atoms with Crippen LogP contribution in [-0.2, 0) is 11.2 Å². The molecule has 0 saturated carbocycles. The highest BCUT2D eigenvalue weighted by Gasteiger charge is 2.17. The lowest BCUT2D eigenvalue weighted by Gasteiger charge is -2.32. The van der Waals surface area contributed by atoms with Crippen molar-refractivity contribution in [2.75, 3.05) is 39.0 Å². The molecule has 2 rings (SSSR count). The molecule has 7 nitrogen and oxygen atoms in total. The number of carbonyl (C=O) groups excluding carboxylic acids is 1. The molecule has 1 saturated heterocycles. The number of nitrogens with zero attached hydrogens (tertiary/aromatic N) is 3. The molecule has 1 heterocycles. The molecular formula is C32H54N6O. The van der Waals surface area contributed by atoms with E-state index in [1.54, 1.807) is 0 Å². The summed E-state index contributed by atoms with van der Waals surface area (Å²) in [5, 5.41) is 3.03. The number of nitrogens with one attached hydrogen (secondary N) is 1. The quantitative estimate of drug-likeness (QED) is 0.161. The minimum atomic E-state index is 0.256. The average Bonchev–Trinajstić information content (AvgIpc) is 2.87. The van der Waals surface area contributed by atoms with E-state index in [2.05, 4.69) is 61.8 Å². The van der Waals surface area contributed by atoms with Crippen LogP contribution in [0.3, 0.4) is 0 Å². The molecule has 0 bridgehead atoms. The van der Waals surface area contributed by atoms with Crippen LogP contribution >= 0.6 is 0 Å². The number of aryl methyl sites for hydroxylation is 1. The molecule has 1 aliphatic rings. The maximum absolute atomic E-state index is 11.5. The smallest absolute Gasteiger partial charge is 0.226 e. The Labute approximate surface area is 238 Å². The second-order valence-electron chi connectivity index (χ2n) is 9.97. The van der Waals surface area contributed by atoms with Crippen molar-refractivity contribution < 1.29 is 4.79 Å². The van der Waals surface area contributed by atoms with Crippen molar-refractivity contribution in [3.63, 3.8) is 0 Å². The Balaban J connectivity index is 0.000000648. The number of likely N-dealkylation sites (N-methyl/N-ethyl adjacent to an activating group) is 1. The van der Waals surface area contributed by atoms with Crippen LogP contribution in [0.1, 0.15) is 65.5 Å². The number of piperazine rings is 1. The maximum Gasteiger partial charge on any atom is 0.226 e. The third kappa shape index (κ3) is 16.3. The molecule has 5 N–H and O–H groups in total. The van der Waals surface area contributed by atoms with Crippen molar-refractivity contribution in [1.82, 2.24) is 15.1 Å². The number of rotatable bonds is 8. The Morgan fingerprint density at radius 2 is 1.82 bits per heavy atom. The van der Waals surface area contributed by atoms with Crippen LogP contribution < -0.4 is 16.8 Å². The summed E-state index contributed by atoms with van der Waals surface area (Å²) in [6, 6.07) is 3.87. The normalized spacial score (nSPS) is 14.6. The minimum absolute atomic E-state index is 0.256. The molecule has 218 valence electrons. The first-order valence-corrected chi connectivity index (χ1v) is 14.0. The predicted octanol–water partition coefficient (Wildman–Crippen LogP) is 6.10. The number of hydrogen-bond donors (Lipinski definition) is 3. The summed E-state index contributed by atoms with van der Waals surface area (Å²) in [4.78, 5) is 20.0. The van der Waals surface area contributed by atoms with Crippen LogP contribution in [0.4, 0.5) is 11.4 Å². The number of benzene rings is 1. The molecular weight excluding hydrogens is 484 g/mol. The molecule has 1 aliphatic heterocycles. The van der Waals surface area contributed by atoms with Gasteiger partial charge in [-0.05, 0) is 76.8 Å². The van der Waals surface area contributed by atoms with Gasteiger partial charge in [-0.3, -0.25) is 4.79 Å². The molecule has 0 spiro atoms. The van der Waals surface area contributed by atoms with E-state index < -0.39 is 0 Å². The van der Waals surface area contributed by atoms with Gasteiger partial charge >= 0.3 is 0 Å². The third-order valence-corrected chi connectivity index (χ3v) is 5.89. The number of anilines is 1. The first-order chi connectivity index (χ1) is 18.5. The van der Waals surface area contributed by atoms with Crippen LogP contribution in [0.5, 0.6) is 0 Å². The predicted molar refractivity (Wildman–Crippen MR) is 171 cm³/mol. The van der Waals surface area contributed by atoms with E-state index >= 15 is 0 Å². The van der Waals surface area contributed by atoms with Gasteiger partial charge in [0.2, 0.25) is 5.91 Å². The van der Waals surface area contributed by atoms with Crippen molar-refractivity contribution in [2.45, 2.75) is 67.7 Å². The molecule has 0 aromatic heterocycles. The Kier molecular flexibility index (Phi) is 18.9. The van der Waals surface area contributed by atoms with Crippen LogP contribution in [0.25, 0.3) is 0 Å². The van der Waals surface area contributed by atoms with Gasteiger partial charge in [-0.15, -0.1) is 6.58 Å². The van der Waals surface area contributed by atoms with Gasteiger partial charge in [0, 0.05) is 38.3 Å². The molecule has 0 unspecified atom stereocenters. The monoisotopic (exact) mass is 538 g/mol. The van der Waals surface area contributed by atoms with Crippen molar-refractivity contribution in [3.05, 3.63) is 72.0 Å². The SMILES string of the molecule is C/C=C\C(C)C.C/C=C\CC(=O)N1CCN(C)CC1.C=CCc1cc(N)c(N=C(N)N/C(C)=C/CC)cc1C.